The first-order valence-electron chi connectivity index (χ1n) is 6.36. The van der Waals surface area contributed by atoms with Crippen molar-refractivity contribution in [1.29, 1.82) is 0 Å². The molecule has 1 aliphatic rings. The Morgan fingerprint density at radius 2 is 2.11 bits per heavy atom. The molecular weight excluding hydrogens is 250 g/mol. The van der Waals surface area contributed by atoms with Crippen molar-refractivity contribution in [3.05, 3.63) is 35.4 Å². The molecule has 0 bridgehead atoms. The third-order valence-electron chi connectivity index (χ3n) is 3.70. The number of carbonyl (C=O) groups excluding carboxylic acids is 1. The van der Waals surface area contributed by atoms with E-state index in [2.05, 4.69) is 0 Å². The maximum absolute atomic E-state index is 13.5. The van der Waals surface area contributed by atoms with Crippen LogP contribution in [0.4, 0.5) is 8.78 Å². The highest BCUT2D eigenvalue weighted by molar-refractivity contribution is 5.77. The standard InChI is InChI=1S/C14H18F2N2O/c1-18(13(19)8-14(17)5-2-6-14)9-10-3-4-11(15)7-12(10)16/h3-4,7H,2,5-6,8-9,17H2,1H3. The highest BCUT2D eigenvalue weighted by Gasteiger charge is 2.35. The molecule has 0 spiro atoms. The van der Waals surface area contributed by atoms with E-state index in [1.54, 1.807) is 7.05 Å². The summed E-state index contributed by atoms with van der Waals surface area (Å²) in [6, 6.07) is 3.37. The van der Waals surface area contributed by atoms with Crippen LogP contribution in [0.5, 0.6) is 0 Å². The summed E-state index contributed by atoms with van der Waals surface area (Å²) in [6.45, 7) is 0.126. The van der Waals surface area contributed by atoms with E-state index in [1.165, 1.54) is 17.0 Å². The SMILES string of the molecule is CN(Cc1ccc(F)cc1F)C(=O)CC1(N)CCC1. The van der Waals surface area contributed by atoms with Crippen LogP contribution in [-0.4, -0.2) is 23.4 Å². The van der Waals surface area contributed by atoms with Crippen LogP contribution in [0.15, 0.2) is 18.2 Å². The summed E-state index contributed by atoms with van der Waals surface area (Å²) in [5.74, 6) is -1.36. The Hall–Kier alpha value is -1.49. The molecule has 1 amide bonds. The van der Waals surface area contributed by atoms with E-state index in [-0.39, 0.29) is 24.4 Å². The van der Waals surface area contributed by atoms with Gasteiger partial charge < -0.3 is 10.6 Å². The fourth-order valence-electron chi connectivity index (χ4n) is 2.24. The fraction of sp³-hybridized carbons (Fsp3) is 0.500. The summed E-state index contributed by atoms with van der Waals surface area (Å²) in [4.78, 5) is 13.4. The van der Waals surface area contributed by atoms with E-state index in [1.807, 2.05) is 0 Å². The molecule has 3 nitrogen and oxygen atoms in total. The number of hydrogen-bond donors (Lipinski definition) is 1. The number of hydrogen-bond acceptors (Lipinski definition) is 2. The maximum Gasteiger partial charge on any atom is 0.224 e. The smallest absolute Gasteiger partial charge is 0.224 e. The average Bonchev–Trinajstić information content (AvgIpc) is 2.30. The van der Waals surface area contributed by atoms with E-state index in [0.717, 1.165) is 25.3 Å². The Labute approximate surface area is 111 Å². The van der Waals surface area contributed by atoms with Crippen molar-refractivity contribution in [2.45, 2.75) is 37.8 Å². The van der Waals surface area contributed by atoms with Gasteiger partial charge in [-0.3, -0.25) is 4.79 Å². The van der Waals surface area contributed by atoms with Gasteiger partial charge in [0.1, 0.15) is 11.6 Å². The average molecular weight is 268 g/mol. The molecule has 0 atom stereocenters. The molecule has 1 aliphatic carbocycles. The van der Waals surface area contributed by atoms with E-state index in [9.17, 15) is 13.6 Å². The summed E-state index contributed by atoms with van der Waals surface area (Å²) >= 11 is 0. The lowest BCUT2D eigenvalue weighted by atomic mass is 9.75. The molecule has 0 unspecified atom stereocenters. The summed E-state index contributed by atoms with van der Waals surface area (Å²) < 4.78 is 26.3. The van der Waals surface area contributed by atoms with Crippen LogP contribution in [0.25, 0.3) is 0 Å². The molecule has 2 rings (SSSR count). The zero-order valence-corrected chi connectivity index (χ0v) is 11.0. The van der Waals surface area contributed by atoms with Crippen molar-refractivity contribution in [3.8, 4) is 0 Å². The number of nitrogens with two attached hydrogens (primary N) is 1. The Bertz CT molecular complexity index is 486. The lowest BCUT2D eigenvalue weighted by molar-refractivity contribution is -0.132. The number of rotatable bonds is 4. The van der Waals surface area contributed by atoms with Gasteiger partial charge in [-0.15, -0.1) is 0 Å². The van der Waals surface area contributed by atoms with Gasteiger partial charge >= 0.3 is 0 Å². The molecule has 2 N–H and O–H groups in total. The molecule has 1 fully saturated rings. The molecule has 0 radical (unpaired) electrons. The topological polar surface area (TPSA) is 46.3 Å². The molecule has 1 aromatic carbocycles. The molecule has 19 heavy (non-hydrogen) atoms. The van der Waals surface area contributed by atoms with Crippen LogP contribution < -0.4 is 5.73 Å². The molecule has 0 aliphatic heterocycles. The van der Waals surface area contributed by atoms with Gasteiger partial charge in [0.25, 0.3) is 0 Å². The monoisotopic (exact) mass is 268 g/mol. The van der Waals surface area contributed by atoms with Gasteiger partial charge in [-0.2, -0.15) is 0 Å². The number of nitrogens with zero attached hydrogens (tertiary/aromatic N) is 1. The lowest BCUT2D eigenvalue weighted by Crippen LogP contribution is -2.50. The van der Waals surface area contributed by atoms with Crippen molar-refractivity contribution in [2.24, 2.45) is 5.73 Å². The van der Waals surface area contributed by atoms with E-state index < -0.39 is 11.6 Å². The van der Waals surface area contributed by atoms with E-state index in [4.69, 9.17) is 5.73 Å². The number of benzene rings is 1. The Morgan fingerprint density at radius 3 is 2.63 bits per heavy atom. The highest BCUT2D eigenvalue weighted by atomic mass is 19.1. The van der Waals surface area contributed by atoms with Crippen molar-refractivity contribution in [2.75, 3.05) is 7.05 Å². The van der Waals surface area contributed by atoms with Crippen LogP contribution in [-0.2, 0) is 11.3 Å². The zero-order valence-electron chi connectivity index (χ0n) is 11.0. The molecule has 104 valence electrons. The minimum atomic E-state index is -0.634. The Kier molecular flexibility index (Phi) is 3.85. The first kappa shape index (κ1) is 13.9. The number of carbonyl (C=O) groups is 1. The van der Waals surface area contributed by atoms with E-state index >= 15 is 0 Å². The minimum absolute atomic E-state index is 0.106. The van der Waals surface area contributed by atoms with E-state index in [0.29, 0.717) is 5.56 Å². The third-order valence-corrected chi connectivity index (χ3v) is 3.70. The van der Waals surface area contributed by atoms with Gasteiger partial charge in [0.15, 0.2) is 0 Å². The Balaban J connectivity index is 1.96. The molecule has 0 saturated heterocycles. The Morgan fingerprint density at radius 1 is 1.42 bits per heavy atom. The van der Waals surface area contributed by atoms with Crippen molar-refractivity contribution in [1.82, 2.24) is 4.90 Å². The van der Waals surface area contributed by atoms with Gasteiger partial charge in [-0.1, -0.05) is 6.07 Å². The molecule has 0 aromatic heterocycles. The van der Waals surface area contributed by atoms with Crippen LogP contribution in [0.1, 0.15) is 31.2 Å². The molecule has 5 heteroatoms. The highest BCUT2D eigenvalue weighted by Crippen LogP contribution is 2.32. The van der Waals surface area contributed by atoms with Crippen LogP contribution in [0, 0.1) is 11.6 Å². The van der Waals surface area contributed by atoms with Crippen molar-refractivity contribution < 1.29 is 13.6 Å². The quantitative estimate of drug-likeness (QED) is 0.910. The zero-order chi connectivity index (χ0) is 14.0. The second-order valence-corrected chi connectivity index (χ2v) is 5.38. The summed E-state index contributed by atoms with van der Waals surface area (Å²) in [6.07, 6.45) is 3.06. The normalized spacial score (nSPS) is 16.8. The first-order valence-corrected chi connectivity index (χ1v) is 6.36. The van der Waals surface area contributed by atoms with Crippen molar-refractivity contribution in [3.63, 3.8) is 0 Å². The lowest BCUT2D eigenvalue weighted by Gasteiger charge is -2.38. The predicted octanol–water partition coefficient (Wildman–Crippen LogP) is 2.19. The summed E-state index contributed by atoms with van der Waals surface area (Å²) in [7, 11) is 1.60. The minimum Gasteiger partial charge on any atom is -0.341 e. The largest absolute Gasteiger partial charge is 0.341 e. The number of halogens is 2. The molecule has 1 saturated carbocycles. The molecule has 0 heterocycles. The van der Waals surface area contributed by atoms with Gasteiger partial charge in [-0.05, 0) is 25.3 Å². The van der Waals surface area contributed by atoms with Gasteiger partial charge in [0.2, 0.25) is 5.91 Å². The van der Waals surface area contributed by atoms with Crippen molar-refractivity contribution >= 4 is 5.91 Å². The van der Waals surface area contributed by atoms with Gasteiger partial charge in [0, 0.05) is 37.2 Å². The maximum atomic E-state index is 13.5. The van der Waals surface area contributed by atoms with Crippen LogP contribution >= 0.6 is 0 Å². The second-order valence-electron chi connectivity index (χ2n) is 5.38. The third kappa shape index (κ3) is 3.29. The fourth-order valence-corrected chi connectivity index (χ4v) is 2.24. The second kappa shape index (κ2) is 5.25. The first-order chi connectivity index (χ1) is 8.89. The molecule has 1 aromatic rings. The summed E-state index contributed by atoms with van der Waals surface area (Å²) in [5, 5.41) is 0. The van der Waals surface area contributed by atoms with Gasteiger partial charge in [-0.25, -0.2) is 8.78 Å². The molecular formula is C14H18F2N2O. The van der Waals surface area contributed by atoms with Gasteiger partial charge in [0.05, 0.1) is 0 Å². The summed E-state index contributed by atoms with van der Waals surface area (Å²) in [5.41, 5.74) is 5.93. The van der Waals surface area contributed by atoms with Crippen LogP contribution in [0.3, 0.4) is 0 Å². The predicted molar refractivity (Wildman–Crippen MR) is 68.2 cm³/mol. The number of amides is 1. The van der Waals surface area contributed by atoms with Crippen LogP contribution in [0.2, 0.25) is 0 Å².